The van der Waals surface area contributed by atoms with E-state index in [-0.39, 0.29) is 97.9 Å². The Labute approximate surface area is 96.1 Å². The molecule has 0 spiro atoms. The minimum Gasteiger partial charge on any atom is -1.00 e. The predicted octanol–water partition coefficient (Wildman–Crippen LogP) is -9.21. The monoisotopic (exact) mass is 467 g/mol. The van der Waals surface area contributed by atoms with Crippen molar-refractivity contribution in [3.05, 3.63) is 0 Å². The van der Waals surface area contributed by atoms with Gasteiger partial charge >= 0.3 is 19.8 Å². The van der Waals surface area contributed by atoms with Crippen LogP contribution in [-0.4, -0.2) is 19.8 Å². The summed E-state index contributed by atoms with van der Waals surface area (Å²) >= 11 is 0. The van der Waals surface area contributed by atoms with E-state index >= 15 is 0 Å². The van der Waals surface area contributed by atoms with Gasteiger partial charge in [-0.1, -0.05) is 0 Å². The molecule has 0 saturated heterocycles. The zero-order valence-electron chi connectivity index (χ0n) is 2.42. The molecule has 0 aliphatic rings. The van der Waals surface area contributed by atoms with Crippen LogP contribution in [0.25, 0.3) is 0 Å². The molecule has 0 fully saturated rings. The Kier molecular flexibility index (Phi) is 270. The molecule has 0 aromatic rings. The van der Waals surface area contributed by atoms with Gasteiger partial charge in [-0.2, -0.15) is 0 Å². The molecule has 0 aromatic heterocycles. The number of rotatable bonds is 0. The largest absolute Gasteiger partial charge is 3.00 e. The van der Waals surface area contributed by atoms with E-state index in [1.165, 1.54) is 0 Å². The van der Waals surface area contributed by atoms with Crippen LogP contribution in [0.1, 0.15) is 0 Å². The van der Waals surface area contributed by atoms with Crippen molar-refractivity contribution in [3.63, 3.8) is 0 Å². The van der Waals surface area contributed by atoms with Gasteiger partial charge in [0.05, 0.1) is 0 Å². The summed E-state index contributed by atoms with van der Waals surface area (Å²) in [6.45, 7) is 0. The fourth-order valence-electron chi connectivity index (χ4n) is 0. The Morgan fingerprint density at radius 2 is 0.600 bits per heavy atom. The van der Waals surface area contributed by atoms with E-state index in [1.54, 1.807) is 0 Å². The molecule has 1 nitrogen and oxygen atoms in total. The Morgan fingerprint density at radius 3 is 0.600 bits per heavy atom. The molecule has 5 heteroatoms. The van der Waals surface area contributed by atoms with Crippen LogP contribution < -0.4 is 78.1 Å². The molecule has 0 saturated carbocycles. The molecule has 5 heavy (non-hydrogen) atoms. The van der Waals surface area contributed by atoms with Crippen molar-refractivity contribution in [1.82, 2.24) is 6.15 Å². The molecule has 3 N–H and O–H groups in total. The zero-order valence-corrected chi connectivity index (χ0v) is 11.3. The molecular weight excluding hydrogens is 464 g/mol. The van der Waals surface area contributed by atoms with Crippen molar-refractivity contribution in [2.75, 3.05) is 0 Å². The van der Waals surface area contributed by atoms with E-state index in [4.69, 9.17) is 0 Å². The zero-order chi connectivity index (χ0) is 0. The van der Waals surface area contributed by atoms with Gasteiger partial charge in [0.25, 0.3) is 0 Å². The maximum atomic E-state index is 0. The van der Waals surface area contributed by atoms with Crippen molar-refractivity contribution < 1.29 is 71.9 Å². The summed E-state index contributed by atoms with van der Waals surface area (Å²) in [5, 5.41) is 0. The number of hydrogen-bond acceptors (Lipinski definition) is 1. The SMILES string of the molecule is N.[Ga+3].[I-].[I-].[I-]. The third-order valence-electron chi connectivity index (χ3n) is 0. The average molecular weight is 467 g/mol. The van der Waals surface area contributed by atoms with E-state index in [9.17, 15) is 0 Å². The van der Waals surface area contributed by atoms with Crippen molar-refractivity contribution in [1.29, 1.82) is 0 Å². The van der Waals surface area contributed by atoms with Crippen molar-refractivity contribution >= 4 is 19.8 Å². The summed E-state index contributed by atoms with van der Waals surface area (Å²) in [6, 6.07) is 0. The summed E-state index contributed by atoms with van der Waals surface area (Å²) in [7, 11) is 0. The van der Waals surface area contributed by atoms with Gasteiger partial charge in [0.15, 0.2) is 0 Å². The number of hydrogen-bond donors (Lipinski definition) is 1. The first kappa shape index (κ1) is 46.2. The molecule has 0 rings (SSSR count). The van der Waals surface area contributed by atoms with Crippen molar-refractivity contribution in [2.45, 2.75) is 0 Å². The normalized spacial score (nSPS) is 0. The first-order valence-electron chi connectivity index (χ1n) is 0. The first-order chi connectivity index (χ1) is 0. The quantitative estimate of drug-likeness (QED) is 0.279. The summed E-state index contributed by atoms with van der Waals surface area (Å²) in [5.41, 5.74) is 0. The second kappa shape index (κ2) is 29.3. The van der Waals surface area contributed by atoms with E-state index in [2.05, 4.69) is 0 Å². The fraction of sp³-hybridized carbons (Fsp3) is 0. The van der Waals surface area contributed by atoms with Gasteiger partial charge in [-0.3, -0.25) is 0 Å². The Bertz CT molecular complexity index is 6.85. The third kappa shape index (κ3) is 20.0. The van der Waals surface area contributed by atoms with Gasteiger partial charge in [0.1, 0.15) is 0 Å². The molecule has 0 unspecified atom stereocenters. The van der Waals surface area contributed by atoms with Gasteiger partial charge in [-0.15, -0.1) is 0 Å². The van der Waals surface area contributed by atoms with E-state index in [0.717, 1.165) is 0 Å². The van der Waals surface area contributed by atoms with Gasteiger partial charge in [-0.25, -0.2) is 0 Å². The van der Waals surface area contributed by atoms with E-state index in [1.807, 2.05) is 0 Å². The summed E-state index contributed by atoms with van der Waals surface area (Å²) < 4.78 is 0. The molecule has 0 radical (unpaired) electrons. The molecule has 32 valence electrons. The first-order valence-corrected chi connectivity index (χ1v) is 0. The van der Waals surface area contributed by atoms with Crippen molar-refractivity contribution in [3.8, 4) is 0 Å². The van der Waals surface area contributed by atoms with Gasteiger partial charge in [0.2, 0.25) is 0 Å². The summed E-state index contributed by atoms with van der Waals surface area (Å²) in [4.78, 5) is 0. The Morgan fingerprint density at radius 1 is 0.600 bits per heavy atom. The minimum atomic E-state index is 0. The maximum absolute atomic E-state index is 0. The van der Waals surface area contributed by atoms with Gasteiger partial charge in [-0.05, 0) is 0 Å². The van der Waals surface area contributed by atoms with Crippen LogP contribution in [0, 0.1) is 0 Å². The van der Waals surface area contributed by atoms with Crippen LogP contribution >= 0.6 is 0 Å². The number of halogens is 3. The minimum absolute atomic E-state index is 0. The van der Waals surface area contributed by atoms with Crippen LogP contribution in [0.5, 0.6) is 0 Å². The summed E-state index contributed by atoms with van der Waals surface area (Å²) in [6.07, 6.45) is 0. The molecule has 0 bridgehead atoms. The smallest absolute Gasteiger partial charge is 1.00 e. The van der Waals surface area contributed by atoms with Crippen molar-refractivity contribution in [2.24, 2.45) is 0 Å². The molecular formula is H3GaI3N. The van der Waals surface area contributed by atoms with Gasteiger partial charge in [0, 0.05) is 0 Å². The second-order valence-electron chi connectivity index (χ2n) is 0. The predicted molar refractivity (Wildman–Crippen MR) is 10.8 cm³/mol. The van der Waals surface area contributed by atoms with Crippen LogP contribution in [-0.2, 0) is 0 Å². The Hall–Kier alpha value is 2.79. The maximum Gasteiger partial charge on any atom is 3.00 e. The van der Waals surface area contributed by atoms with Crippen LogP contribution in [0.15, 0.2) is 0 Å². The van der Waals surface area contributed by atoms with Crippen LogP contribution in [0.2, 0.25) is 0 Å². The standard InChI is InChI=1S/Ga.3HI.H3N/h;3*1H;1H3/q+3;;;;/p-3. The molecule has 0 aliphatic carbocycles. The second-order valence-corrected chi connectivity index (χ2v) is 0. The third-order valence-corrected chi connectivity index (χ3v) is 0. The molecule has 0 aliphatic heterocycles. The molecule has 0 heterocycles. The van der Waals surface area contributed by atoms with E-state index in [0.29, 0.717) is 0 Å². The fourth-order valence-corrected chi connectivity index (χ4v) is 0. The molecule has 0 amide bonds. The molecule has 0 atom stereocenters. The van der Waals surface area contributed by atoms with Gasteiger partial charge < -0.3 is 78.1 Å². The summed E-state index contributed by atoms with van der Waals surface area (Å²) in [5.74, 6) is 0. The molecule has 0 aromatic carbocycles. The van der Waals surface area contributed by atoms with Crippen LogP contribution in [0.3, 0.4) is 0 Å². The average Bonchev–Trinajstić information content (AvgIpc) is 0. The Balaban J connectivity index is 0. The topological polar surface area (TPSA) is 35.0 Å². The van der Waals surface area contributed by atoms with E-state index < -0.39 is 0 Å². The van der Waals surface area contributed by atoms with Crippen LogP contribution in [0.4, 0.5) is 0 Å².